The molecule has 0 radical (unpaired) electrons. The van der Waals surface area contributed by atoms with Gasteiger partial charge in [-0.2, -0.15) is 9.98 Å². The number of fused-ring (bicyclic) bond motifs is 11. The van der Waals surface area contributed by atoms with Crippen LogP contribution in [0.15, 0.2) is 240 Å². The summed E-state index contributed by atoms with van der Waals surface area (Å²) in [4.78, 5) is 51.2. The molecule has 19 nitrogen and oxygen atoms in total. The molecule has 0 fully saturated rings. The number of amidine groups is 1. The van der Waals surface area contributed by atoms with Crippen molar-refractivity contribution in [1.82, 2.24) is 9.80 Å². The molecule has 0 aromatic heterocycles. The Labute approximate surface area is 887 Å². The molecular formula is C131H144N4O15. The number of hydrogen-bond acceptors (Lipinski definition) is 15. The van der Waals surface area contributed by atoms with Gasteiger partial charge in [0, 0.05) is 75.3 Å². The number of para-hydroxylation sites is 2. The van der Waals surface area contributed by atoms with Gasteiger partial charge in [0.1, 0.15) is 147 Å². The lowest BCUT2D eigenvalue weighted by Gasteiger charge is -2.17. The second-order valence-corrected chi connectivity index (χ2v) is 38.7. The molecule has 0 saturated carbocycles. The number of imide groups is 1. The Hall–Kier alpha value is -16.0. The number of aliphatic imine (C=N–C) groups is 2. The fraction of sp³-hybridized carbons (Fsp3) is 0.282. The van der Waals surface area contributed by atoms with Gasteiger partial charge in [0.05, 0.1) is 0 Å². The van der Waals surface area contributed by atoms with Crippen LogP contribution in [0.1, 0.15) is 204 Å². The Morgan fingerprint density at radius 3 is 1.38 bits per heavy atom. The molecule has 11 aromatic carbocycles. The van der Waals surface area contributed by atoms with Crippen LogP contribution in [0, 0.1) is 118 Å². The maximum Gasteiger partial charge on any atom is 0.350 e. The number of rotatable bonds is 0. The molecule has 778 valence electrons. The van der Waals surface area contributed by atoms with Gasteiger partial charge in [-0.1, -0.05) is 157 Å². The Morgan fingerprint density at radius 1 is 0.260 bits per heavy atom. The van der Waals surface area contributed by atoms with Gasteiger partial charge in [0.25, 0.3) is 5.91 Å². The van der Waals surface area contributed by atoms with Crippen molar-refractivity contribution >= 4 is 100 Å². The molecule has 24 rings (SSSR count). The van der Waals surface area contributed by atoms with Crippen molar-refractivity contribution in [3.63, 3.8) is 0 Å². The zero-order valence-electron chi connectivity index (χ0n) is 92.1. The van der Waals surface area contributed by atoms with Crippen LogP contribution in [0.25, 0.3) is 64.8 Å². The van der Waals surface area contributed by atoms with E-state index in [2.05, 4.69) is 381 Å². The maximum absolute atomic E-state index is 10.7. The minimum Gasteiger partial charge on any atom is -0.489 e. The Balaban J connectivity index is 0.000000144. The van der Waals surface area contributed by atoms with Gasteiger partial charge in [0.2, 0.25) is 0 Å². The second-order valence-electron chi connectivity index (χ2n) is 38.7. The Morgan fingerprint density at radius 2 is 0.740 bits per heavy atom. The standard InChI is InChI=1S/11C11H12O.2C5H6N2O2/c1-8-3-4-11-10(7-8)9(2)5-6-12-11;1-8-3-4-10-9(2)5-6-12-11(10)7-8;1-8-5-6-11-10(9(8)2)4-3-7-12-11;1-8-5-6-10-4-3-7-12-11(10)9(8)2;1-8-5-6-9(2)11-10(8)4-3-7-12-11;1-8-6-10-4-3-5-12-11(10)7-9(8)2;1-8-6-9(2)10-4-3-5-12-11(10)7-8;1-8-6-9(2)11-10(7-8)4-3-5-12-11;1-8-6-10-5-3-4-9(2)11(10)12-7-8;1-8-6-7-12-11-9(2)4-3-5-10(8)11;1-8-4-3-5-10-11(8)9(2)6-7-12-10;1-3-6-4(8)5(9)7(3)2;1-3-4(8)7(2)5(9)6-3/h2*3-5,7H,6H2,1-2H3;3*3-6H,7H2,1-2H3;3*3-4,6-7H,5H2,1-2H3;3*3-6H,7H2,1-2H3;2*1-2H3. The van der Waals surface area contributed by atoms with Crippen LogP contribution in [0.4, 0.5) is 4.79 Å². The summed E-state index contributed by atoms with van der Waals surface area (Å²) in [7, 11) is 2.93. The van der Waals surface area contributed by atoms with Crippen molar-refractivity contribution in [1.29, 1.82) is 0 Å². The third kappa shape index (κ3) is 30.2. The number of carbonyl (C=O) groups is 4. The fourth-order valence-corrected chi connectivity index (χ4v) is 17.6. The van der Waals surface area contributed by atoms with E-state index in [1.165, 1.54) is 210 Å². The molecule has 13 heterocycles. The number of benzene rings is 11. The molecule has 0 bridgehead atoms. The van der Waals surface area contributed by atoms with Gasteiger partial charge in [-0.3, -0.25) is 24.2 Å². The minimum atomic E-state index is -0.671. The second kappa shape index (κ2) is 53.5. The minimum absolute atomic E-state index is 0.266. The third-order valence-corrected chi connectivity index (χ3v) is 26.7. The summed E-state index contributed by atoms with van der Waals surface area (Å²) in [5, 5.41) is 0. The van der Waals surface area contributed by atoms with E-state index >= 15 is 0 Å². The van der Waals surface area contributed by atoms with Crippen molar-refractivity contribution in [3.05, 3.63) is 386 Å². The van der Waals surface area contributed by atoms with Gasteiger partial charge in [-0.15, -0.1) is 0 Å². The summed E-state index contributed by atoms with van der Waals surface area (Å²) in [6.45, 7) is 57.3. The molecule has 5 amide bonds. The summed E-state index contributed by atoms with van der Waals surface area (Å²) in [6.07, 6.45) is 35.7. The summed E-state index contributed by atoms with van der Waals surface area (Å²) in [6, 6.07) is 56.3. The summed E-state index contributed by atoms with van der Waals surface area (Å²) in [5.74, 6) is 10.3. The SMILES string of the molecule is CC1=CCOc2c(C)cccc21.CC1=CCOc2cc(C)ccc21.CC1=CCOc2ccc(C)cc21.CC1=CCOc2cccc(C)c21.CC1=Cc2cccc(C)c2OC1.CC1=NC(=O)C(=O)N1C.CC1=NC(=O)N(C)C1=O.Cc1cc(C)c2c(c1)C=CCO2.Cc1cc(C)c2c(c1)OCC=C2.Cc1cc2c(cc1C)OCC=C2.Cc1ccc(C)c2c1C=CCO2.Cc1ccc2c(c1C)C=CCO2.Cc1ccc2c(c1C)OCC=C2. The topological polar surface area (TPSA) is 201 Å². The normalized spacial score (nSPS) is 14.8. The van der Waals surface area contributed by atoms with E-state index < -0.39 is 17.8 Å². The average molecular weight is 2010 g/mol. The number of amides is 5. The highest BCUT2D eigenvalue weighted by Gasteiger charge is 2.28. The molecule has 150 heavy (non-hydrogen) atoms. The van der Waals surface area contributed by atoms with Crippen molar-refractivity contribution in [2.75, 3.05) is 86.8 Å². The molecule has 13 aliphatic heterocycles. The maximum atomic E-state index is 10.7. The Kier molecular flexibility index (Phi) is 40.2. The summed E-state index contributed by atoms with van der Waals surface area (Å²) in [5.41, 5.74) is 42.0. The van der Waals surface area contributed by atoms with Crippen LogP contribution in [0.2, 0.25) is 0 Å². The monoisotopic (exact) mass is 2010 g/mol. The predicted molar refractivity (Wildman–Crippen MR) is 616 cm³/mol. The quantitative estimate of drug-likeness (QED) is 0.130. The van der Waals surface area contributed by atoms with E-state index in [0.717, 1.165) is 74.8 Å². The first-order valence-electron chi connectivity index (χ1n) is 51.0. The highest BCUT2D eigenvalue weighted by Crippen LogP contribution is 2.40. The molecule has 19 heteroatoms. The number of carbonyl (C=O) groups excluding carboxylic acids is 4. The van der Waals surface area contributed by atoms with Crippen LogP contribution in [0.3, 0.4) is 0 Å². The first-order valence-corrected chi connectivity index (χ1v) is 51.0. The summed E-state index contributed by atoms with van der Waals surface area (Å²) >= 11 is 0. The van der Waals surface area contributed by atoms with Crippen LogP contribution in [-0.4, -0.2) is 132 Å². The Bertz CT molecular complexity index is 7270. The van der Waals surface area contributed by atoms with Gasteiger partial charge < -0.3 is 52.1 Å². The lowest BCUT2D eigenvalue weighted by Crippen LogP contribution is -2.27. The lowest BCUT2D eigenvalue weighted by atomic mass is 9.99. The van der Waals surface area contributed by atoms with Crippen molar-refractivity contribution in [2.45, 2.75) is 166 Å². The molecule has 0 aliphatic carbocycles. The molecule has 0 atom stereocenters. The van der Waals surface area contributed by atoms with E-state index in [-0.39, 0.29) is 11.6 Å². The lowest BCUT2D eigenvalue weighted by molar-refractivity contribution is -0.139. The van der Waals surface area contributed by atoms with Crippen LogP contribution in [0.5, 0.6) is 63.2 Å². The highest BCUT2D eigenvalue weighted by molar-refractivity contribution is 6.45. The average Bonchev–Trinajstić information content (AvgIpc) is 1.14. The van der Waals surface area contributed by atoms with Crippen molar-refractivity contribution in [3.8, 4) is 63.2 Å². The molecule has 13 aliphatic rings. The fourth-order valence-electron chi connectivity index (χ4n) is 17.6. The van der Waals surface area contributed by atoms with E-state index in [1.54, 1.807) is 6.92 Å². The third-order valence-electron chi connectivity index (χ3n) is 26.7. The summed E-state index contributed by atoms with van der Waals surface area (Å²) < 4.78 is 60.7. The molecule has 11 aromatic rings. The van der Waals surface area contributed by atoms with Gasteiger partial charge in [-0.05, 0) is 399 Å². The van der Waals surface area contributed by atoms with Gasteiger partial charge in [0.15, 0.2) is 0 Å². The van der Waals surface area contributed by atoms with Gasteiger partial charge >= 0.3 is 17.8 Å². The number of ether oxygens (including phenoxy) is 11. The molecule has 0 N–H and O–H groups in total. The molecule has 0 saturated heterocycles. The number of nitrogens with zero attached hydrogens (tertiary/aromatic N) is 4. The van der Waals surface area contributed by atoms with E-state index in [4.69, 9.17) is 52.1 Å². The van der Waals surface area contributed by atoms with Gasteiger partial charge in [-0.25, -0.2) is 4.79 Å². The zero-order chi connectivity index (χ0) is 108. The highest BCUT2D eigenvalue weighted by atomic mass is 16.5. The first kappa shape index (κ1) is 113. The zero-order valence-corrected chi connectivity index (χ0v) is 92.1. The molecule has 0 unspecified atom stereocenters. The molecule has 0 spiro atoms. The van der Waals surface area contributed by atoms with Crippen molar-refractivity contribution in [2.24, 2.45) is 9.98 Å². The van der Waals surface area contributed by atoms with Crippen LogP contribution >= 0.6 is 0 Å². The number of aryl methyl sites for hydroxylation is 15. The largest absolute Gasteiger partial charge is 0.489 e. The van der Waals surface area contributed by atoms with E-state index in [9.17, 15) is 19.2 Å². The van der Waals surface area contributed by atoms with Crippen LogP contribution < -0.4 is 52.1 Å². The van der Waals surface area contributed by atoms with E-state index in [0.29, 0.717) is 71.9 Å². The van der Waals surface area contributed by atoms with Crippen molar-refractivity contribution < 1.29 is 71.3 Å². The molecular weight excluding hydrogens is 1870 g/mol. The predicted octanol–water partition coefficient (Wildman–Crippen LogP) is 29.7. The number of likely N-dealkylation sites (N-methyl/N-ethyl adjacent to an activating group) is 1. The number of urea groups is 1. The van der Waals surface area contributed by atoms with Crippen LogP contribution in [-0.2, 0) is 14.4 Å². The first-order chi connectivity index (χ1) is 71.8. The number of allylic oxidation sites excluding steroid dienone is 4. The smallest absolute Gasteiger partial charge is 0.350 e. The number of hydrogen-bond donors (Lipinski definition) is 0. The van der Waals surface area contributed by atoms with E-state index in [1.807, 2.05) is 48.6 Å².